The van der Waals surface area contributed by atoms with E-state index in [9.17, 15) is 9.50 Å². The number of aromatic hydroxyl groups is 1. The van der Waals surface area contributed by atoms with Gasteiger partial charge in [0.15, 0.2) is 11.6 Å². The van der Waals surface area contributed by atoms with Crippen molar-refractivity contribution in [3.63, 3.8) is 0 Å². The molecule has 2 aromatic heterocycles. The molecule has 2 fully saturated rings. The van der Waals surface area contributed by atoms with E-state index in [1.54, 1.807) is 18.3 Å². The zero-order chi connectivity index (χ0) is 30.2. The molecule has 2 heterocycles. The lowest BCUT2D eigenvalue weighted by Gasteiger charge is -2.45. The smallest absolute Gasteiger partial charge is 0.242 e. The van der Waals surface area contributed by atoms with Crippen LogP contribution in [0, 0.1) is 17.3 Å². The van der Waals surface area contributed by atoms with E-state index < -0.39 is 15.7 Å². The third-order valence-electron chi connectivity index (χ3n) is 8.60. The zero-order valence-electron chi connectivity index (χ0n) is 23.9. The van der Waals surface area contributed by atoms with Crippen molar-refractivity contribution >= 4 is 43.7 Å². The first-order valence-electron chi connectivity index (χ1n) is 14.4. The first-order valence-corrected chi connectivity index (χ1v) is 15.7. The van der Waals surface area contributed by atoms with Gasteiger partial charge in [0.1, 0.15) is 11.9 Å². The summed E-state index contributed by atoms with van der Waals surface area (Å²) in [6.45, 7) is 6.37. The van der Waals surface area contributed by atoms with Gasteiger partial charge in [0.05, 0.1) is 17.8 Å². The first kappa shape index (κ1) is 31.1. The SMILES string of the molecule is CC[C@]1(C)CCCC(C)C[C@H](N(c2cnc(-c3ccc(-c4cc(F)nc(OC(S)(S)S)c4)cc3O)nn2)C2CC2)[C@@H]1F. The Morgan fingerprint density at radius 2 is 1.88 bits per heavy atom. The summed E-state index contributed by atoms with van der Waals surface area (Å²) in [5.41, 5.74) is 0.915. The minimum Gasteiger partial charge on any atom is -0.507 e. The van der Waals surface area contributed by atoms with E-state index in [2.05, 4.69) is 83.7 Å². The summed E-state index contributed by atoms with van der Waals surface area (Å²) < 4.78 is 34.4. The highest BCUT2D eigenvalue weighted by Gasteiger charge is 2.46. The Balaban J connectivity index is 1.41. The van der Waals surface area contributed by atoms with Gasteiger partial charge in [0.2, 0.25) is 15.4 Å². The monoisotopic (exact) mass is 633 g/mol. The summed E-state index contributed by atoms with van der Waals surface area (Å²) in [5, 5.41) is 19.7. The number of alkyl halides is 1. The Morgan fingerprint density at radius 1 is 1.12 bits per heavy atom. The third-order valence-corrected chi connectivity index (χ3v) is 8.87. The van der Waals surface area contributed by atoms with Crippen LogP contribution in [0.2, 0.25) is 0 Å². The quantitative estimate of drug-likeness (QED) is 0.116. The number of phenols is 1. The van der Waals surface area contributed by atoms with Crippen molar-refractivity contribution in [3.8, 4) is 34.1 Å². The fraction of sp³-hybridized carbons (Fsp3) is 0.533. The van der Waals surface area contributed by atoms with Gasteiger partial charge in [0, 0.05) is 23.6 Å². The molecule has 1 N–H and O–H groups in total. The molecule has 7 nitrogen and oxygen atoms in total. The number of halogens is 2. The van der Waals surface area contributed by atoms with Gasteiger partial charge >= 0.3 is 0 Å². The minimum atomic E-state index is -1.45. The molecule has 0 aliphatic heterocycles. The molecule has 12 heteroatoms. The van der Waals surface area contributed by atoms with E-state index >= 15 is 4.39 Å². The van der Waals surface area contributed by atoms with Crippen LogP contribution in [0.4, 0.5) is 14.6 Å². The second-order valence-corrected chi connectivity index (χ2v) is 14.9. The van der Waals surface area contributed by atoms with Crippen LogP contribution in [-0.4, -0.2) is 47.1 Å². The topological polar surface area (TPSA) is 84.3 Å². The van der Waals surface area contributed by atoms with E-state index in [0.29, 0.717) is 28.4 Å². The predicted octanol–water partition coefficient (Wildman–Crippen LogP) is 7.53. The number of thiol groups is 3. The number of hydrogen-bond donors (Lipinski definition) is 4. The van der Waals surface area contributed by atoms with Gasteiger partial charge < -0.3 is 14.7 Å². The number of hydrogen-bond acceptors (Lipinski definition) is 10. The largest absolute Gasteiger partial charge is 0.507 e. The van der Waals surface area contributed by atoms with Gasteiger partial charge in [-0.25, -0.2) is 9.37 Å². The van der Waals surface area contributed by atoms with Crippen LogP contribution in [0.1, 0.15) is 65.7 Å². The lowest BCUT2D eigenvalue weighted by molar-refractivity contribution is 0.0577. The number of pyridine rings is 1. The Kier molecular flexibility index (Phi) is 9.16. The van der Waals surface area contributed by atoms with Crippen molar-refractivity contribution in [2.45, 2.75) is 87.6 Å². The summed E-state index contributed by atoms with van der Waals surface area (Å²) in [6, 6.07) is 7.46. The van der Waals surface area contributed by atoms with Gasteiger partial charge in [0.25, 0.3) is 0 Å². The molecule has 226 valence electrons. The molecule has 0 amide bonds. The maximum Gasteiger partial charge on any atom is 0.242 e. The molecule has 5 rings (SSSR count). The first-order chi connectivity index (χ1) is 19.9. The average Bonchev–Trinajstić information content (AvgIpc) is 3.76. The van der Waals surface area contributed by atoms with E-state index in [1.165, 1.54) is 18.2 Å². The van der Waals surface area contributed by atoms with Crippen molar-refractivity contribution in [1.82, 2.24) is 20.2 Å². The molecule has 42 heavy (non-hydrogen) atoms. The minimum absolute atomic E-state index is 0.0645. The molecule has 3 aromatic rings. The van der Waals surface area contributed by atoms with Crippen molar-refractivity contribution in [2.75, 3.05) is 4.90 Å². The second kappa shape index (κ2) is 12.4. The molecule has 2 aliphatic carbocycles. The van der Waals surface area contributed by atoms with E-state index in [1.807, 2.05) is 0 Å². The summed E-state index contributed by atoms with van der Waals surface area (Å²) >= 11 is 12.1. The second-order valence-electron chi connectivity index (χ2n) is 11.9. The van der Waals surface area contributed by atoms with Crippen LogP contribution >= 0.6 is 37.9 Å². The standard InChI is InChI=1S/C30H37F2N5O2S3/c1-4-29(3)11-5-6-17(2)12-22(27(29)32)37(20-8-9-20)25-16-33-28(36-35-25)21-10-7-18(13-23(21)38)19-14-24(31)34-26(15-19)39-30(40,41)42/h7,10,13-17,20,22,27,38,40-42H,4-6,8-9,11-12H2,1-3H3/t17?,22-,27-,29+/m0/s1. The van der Waals surface area contributed by atoms with Crippen molar-refractivity contribution in [1.29, 1.82) is 0 Å². The Labute approximate surface area is 262 Å². The summed E-state index contributed by atoms with van der Waals surface area (Å²) in [7, 11) is 0. The highest BCUT2D eigenvalue weighted by Crippen LogP contribution is 2.45. The molecule has 4 atom stereocenters. The van der Waals surface area contributed by atoms with Gasteiger partial charge in [-0.05, 0) is 61.3 Å². The number of anilines is 1. The molecular formula is C30H37F2N5O2S3. The molecule has 0 spiro atoms. The van der Waals surface area contributed by atoms with Gasteiger partial charge in [-0.2, -0.15) is 9.37 Å². The summed E-state index contributed by atoms with van der Waals surface area (Å²) in [4.78, 5) is 10.3. The molecule has 0 saturated heterocycles. The molecule has 1 unspecified atom stereocenters. The highest BCUT2D eigenvalue weighted by atomic mass is 32.2. The van der Waals surface area contributed by atoms with Gasteiger partial charge in [-0.1, -0.05) is 39.7 Å². The normalized spacial score (nSPS) is 25.0. The van der Waals surface area contributed by atoms with Gasteiger partial charge in [-0.3, -0.25) is 0 Å². The third kappa shape index (κ3) is 7.07. The van der Waals surface area contributed by atoms with Crippen molar-refractivity contribution in [3.05, 3.63) is 42.5 Å². The predicted molar refractivity (Wildman–Crippen MR) is 171 cm³/mol. The molecule has 0 bridgehead atoms. The molecule has 2 saturated carbocycles. The zero-order valence-corrected chi connectivity index (χ0v) is 26.6. The Hall–Kier alpha value is -2.31. The Morgan fingerprint density at radius 3 is 2.50 bits per heavy atom. The molecular weight excluding hydrogens is 597 g/mol. The van der Waals surface area contributed by atoms with Gasteiger partial charge in [-0.15, -0.1) is 48.1 Å². The summed E-state index contributed by atoms with van der Waals surface area (Å²) in [6.07, 6.45) is 7.20. The molecule has 1 aromatic carbocycles. The van der Waals surface area contributed by atoms with Crippen LogP contribution in [-0.2, 0) is 0 Å². The average molecular weight is 634 g/mol. The molecule has 0 radical (unpaired) electrons. The van der Waals surface area contributed by atoms with Crippen LogP contribution in [0.15, 0.2) is 36.5 Å². The fourth-order valence-electron chi connectivity index (χ4n) is 5.96. The lowest BCUT2D eigenvalue weighted by atomic mass is 9.71. The number of rotatable bonds is 8. The van der Waals surface area contributed by atoms with E-state index in [-0.39, 0.29) is 35.0 Å². The van der Waals surface area contributed by atoms with Crippen LogP contribution < -0.4 is 9.64 Å². The van der Waals surface area contributed by atoms with Crippen LogP contribution in [0.5, 0.6) is 11.6 Å². The number of ether oxygens (including phenoxy) is 1. The number of benzene rings is 1. The number of phenolic OH excluding ortho intramolecular Hbond substituents is 1. The number of aromatic nitrogens is 4. The maximum atomic E-state index is 16.4. The molecule has 2 aliphatic rings. The lowest BCUT2D eigenvalue weighted by Crippen LogP contribution is -2.51. The number of nitrogens with zero attached hydrogens (tertiary/aromatic N) is 5. The van der Waals surface area contributed by atoms with E-state index in [0.717, 1.165) is 44.9 Å². The Bertz CT molecular complexity index is 1410. The van der Waals surface area contributed by atoms with E-state index in [4.69, 9.17) is 4.74 Å². The van der Waals surface area contributed by atoms with Crippen molar-refractivity contribution in [2.24, 2.45) is 11.3 Å². The van der Waals surface area contributed by atoms with Crippen LogP contribution in [0.3, 0.4) is 0 Å². The van der Waals surface area contributed by atoms with Crippen LogP contribution in [0.25, 0.3) is 22.5 Å². The maximum absolute atomic E-state index is 16.4. The summed E-state index contributed by atoms with van der Waals surface area (Å²) in [5.74, 6) is 0.260. The fourth-order valence-corrected chi connectivity index (χ4v) is 6.24. The van der Waals surface area contributed by atoms with Crippen molar-refractivity contribution < 1.29 is 18.6 Å². The highest BCUT2D eigenvalue weighted by molar-refractivity contribution is 8.16.